The minimum absolute atomic E-state index is 0.279. The van der Waals surface area contributed by atoms with Crippen LogP contribution in [0.2, 0.25) is 0 Å². The van der Waals surface area contributed by atoms with E-state index in [0.29, 0.717) is 18.9 Å². The average molecular weight is 321 g/mol. The first-order valence-corrected chi connectivity index (χ1v) is 8.11. The monoisotopic (exact) mass is 321 g/mol. The predicted molar refractivity (Wildman–Crippen MR) is 67.4 cm³/mol. The van der Waals surface area contributed by atoms with Crippen molar-refractivity contribution >= 4 is 10.0 Å². The van der Waals surface area contributed by atoms with E-state index in [0.717, 1.165) is 10.4 Å². The highest BCUT2D eigenvalue weighted by atomic mass is 32.2. The molecule has 0 radical (unpaired) electrons. The summed E-state index contributed by atoms with van der Waals surface area (Å²) in [4.78, 5) is -0.852. The van der Waals surface area contributed by atoms with E-state index in [-0.39, 0.29) is 12.8 Å². The molecule has 8 heteroatoms. The van der Waals surface area contributed by atoms with Crippen LogP contribution >= 0.6 is 0 Å². The molecule has 0 spiro atoms. The second kappa shape index (κ2) is 4.96. The van der Waals surface area contributed by atoms with Crippen LogP contribution in [0.4, 0.5) is 13.2 Å². The second-order valence-corrected chi connectivity index (χ2v) is 7.33. The molecule has 21 heavy (non-hydrogen) atoms. The van der Waals surface area contributed by atoms with E-state index < -0.39 is 50.6 Å². The van der Waals surface area contributed by atoms with Gasteiger partial charge in [0.15, 0.2) is 17.5 Å². The smallest absolute Gasteiger partial charge is 0.246 e. The number of benzene rings is 1. The molecule has 4 nitrogen and oxygen atoms in total. The van der Waals surface area contributed by atoms with Crippen LogP contribution in [-0.2, 0) is 10.0 Å². The summed E-state index contributed by atoms with van der Waals surface area (Å²) in [5.74, 6) is -4.91. The van der Waals surface area contributed by atoms with Gasteiger partial charge in [0.1, 0.15) is 4.90 Å². The van der Waals surface area contributed by atoms with Crippen molar-refractivity contribution < 1.29 is 26.7 Å². The SMILES string of the molecule is O=S(=O)(c1ccc(F)c(F)c1F)N1C2CCC1CC(O)C2. The lowest BCUT2D eigenvalue weighted by Crippen LogP contribution is -2.48. The molecule has 1 aromatic carbocycles. The van der Waals surface area contributed by atoms with Gasteiger partial charge in [0.2, 0.25) is 10.0 Å². The molecule has 116 valence electrons. The van der Waals surface area contributed by atoms with Crippen LogP contribution in [0.5, 0.6) is 0 Å². The zero-order valence-electron chi connectivity index (χ0n) is 11.0. The van der Waals surface area contributed by atoms with Gasteiger partial charge < -0.3 is 5.11 Å². The molecule has 1 N–H and O–H groups in total. The highest BCUT2D eigenvalue weighted by Crippen LogP contribution is 2.40. The number of hydrogen-bond donors (Lipinski definition) is 1. The Hall–Kier alpha value is -1.12. The van der Waals surface area contributed by atoms with Crippen molar-refractivity contribution in [1.29, 1.82) is 0 Å². The number of aliphatic hydroxyl groups is 1. The molecule has 2 heterocycles. The Morgan fingerprint density at radius 2 is 1.62 bits per heavy atom. The van der Waals surface area contributed by atoms with Crippen LogP contribution in [0.15, 0.2) is 17.0 Å². The zero-order valence-corrected chi connectivity index (χ0v) is 11.8. The molecule has 0 amide bonds. The zero-order chi connectivity index (χ0) is 15.4. The topological polar surface area (TPSA) is 57.6 Å². The van der Waals surface area contributed by atoms with E-state index in [4.69, 9.17) is 0 Å². The van der Waals surface area contributed by atoms with E-state index >= 15 is 0 Å². The van der Waals surface area contributed by atoms with Gasteiger partial charge in [0.25, 0.3) is 0 Å². The number of sulfonamides is 1. The minimum atomic E-state index is -4.25. The Labute approximate surface area is 120 Å². The van der Waals surface area contributed by atoms with Crippen LogP contribution in [0.3, 0.4) is 0 Å². The van der Waals surface area contributed by atoms with E-state index in [9.17, 15) is 26.7 Å². The van der Waals surface area contributed by atoms with Gasteiger partial charge in [-0.25, -0.2) is 21.6 Å². The molecule has 2 saturated heterocycles. The molecule has 2 aliphatic rings. The van der Waals surface area contributed by atoms with Gasteiger partial charge in [-0.3, -0.25) is 0 Å². The fraction of sp³-hybridized carbons (Fsp3) is 0.538. The lowest BCUT2D eigenvalue weighted by atomic mass is 10.0. The minimum Gasteiger partial charge on any atom is -0.393 e. The summed E-state index contributed by atoms with van der Waals surface area (Å²) in [7, 11) is -4.25. The summed E-state index contributed by atoms with van der Waals surface area (Å²) in [6.45, 7) is 0. The summed E-state index contributed by atoms with van der Waals surface area (Å²) in [5, 5.41) is 9.67. The first-order valence-electron chi connectivity index (χ1n) is 6.67. The molecular formula is C13H14F3NO3S. The quantitative estimate of drug-likeness (QED) is 0.845. The Morgan fingerprint density at radius 1 is 1.05 bits per heavy atom. The van der Waals surface area contributed by atoms with Crippen molar-refractivity contribution in [1.82, 2.24) is 4.31 Å². The molecule has 2 bridgehead atoms. The first kappa shape index (κ1) is 14.8. The molecule has 0 saturated carbocycles. The van der Waals surface area contributed by atoms with Crippen molar-refractivity contribution in [2.75, 3.05) is 0 Å². The van der Waals surface area contributed by atoms with E-state index in [1.54, 1.807) is 0 Å². The number of rotatable bonds is 2. The van der Waals surface area contributed by atoms with Crippen molar-refractivity contribution in [2.24, 2.45) is 0 Å². The summed E-state index contributed by atoms with van der Waals surface area (Å²) in [6, 6.07) is 0.507. The largest absolute Gasteiger partial charge is 0.393 e. The fourth-order valence-electron chi connectivity index (χ4n) is 3.32. The van der Waals surface area contributed by atoms with Crippen LogP contribution in [0.1, 0.15) is 25.7 Å². The summed E-state index contributed by atoms with van der Waals surface area (Å²) in [6.07, 6.45) is 1.13. The molecule has 2 aliphatic heterocycles. The normalized spacial score (nSPS) is 29.8. The van der Waals surface area contributed by atoms with Crippen molar-refractivity contribution in [3.63, 3.8) is 0 Å². The van der Waals surface area contributed by atoms with E-state index in [1.807, 2.05) is 0 Å². The average Bonchev–Trinajstić information content (AvgIpc) is 2.69. The highest BCUT2D eigenvalue weighted by Gasteiger charge is 2.47. The number of piperidine rings is 1. The van der Waals surface area contributed by atoms with Crippen LogP contribution in [-0.4, -0.2) is 36.0 Å². The molecule has 0 aromatic heterocycles. The molecule has 0 aliphatic carbocycles. The molecular weight excluding hydrogens is 307 g/mol. The summed E-state index contributed by atoms with van der Waals surface area (Å²) in [5.41, 5.74) is 0. The van der Waals surface area contributed by atoms with Crippen LogP contribution in [0.25, 0.3) is 0 Å². The highest BCUT2D eigenvalue weighted by molar-refractivity contribution is 7.89. The van der Waals surface area contributed by atoms with Gasteiger partial charge in [0.05, 0.1) is 6.10 Å². The van der Waals surface area contributed by atoms with Gasteiger partial charge in [-0.1, -0.05) is 0 Å². The molecule has 3 rings (SSSR count). The van der Waals surface area contributed by atoms with Crippen molar-refractivity contribution in [3.8, 4) is 0 Å². The Kier molecular flexibility index (Phi) is 3.50. The lowest BCUT2D eigenvalue weighted by Gasteiger charge is -2.36. The second-order valence-electron chi connectivity index (χ2n) is 5.52. The predicted octanol–water partition coefficient (Wildman–Crippen LogP) is 1.78. The molecule has 2 unspecified atom stereocenters. The molecule has 1 aromatic rings. The number of halogens is 3. The third-order valence-electron chi connectivity index (χ3n) is 4.20. The number of aliphatic hydroxyl groups excluding tert-OH is 1. The maximum Gasteiger partial charge on any atom is 0.246 e. The van der Waals surface area contributed by atoms with Gasteiger partial charge in [0, 0.05) is 12.1 Å². The first-order chi connectivity index (χ1) is 9.82. The number of fused-ring (bicyclic) bond motifs is 2. The number of hydrogen-bond acceptors (Lipinski definition) is 3. The van der Waals surface area contributed by atoms with E-state index in [2.05, 4.69) is 0 Å². The van der Waals surface area contributed by atoms with Crippen molar-refractivity contribution in [3.05, 3.63) is 29.6 Å². The summed E-state index contributed by atoms with van der Waals surface area (Å²) < 4.78 is 66.3. The van der Waals surface area contributed by atoms with Gasteiger partial charge in [-0.05, 0) is 37.8 Å². The standard InChI is InChI=1S/C13H14F3NO3S/c14-10-3-4-11(13(16)12(10)15)21(19,20)17-7-1-2-8(17)6-9(18)5-7/h3-4,7-9,18H,1-2,5-6H2. The van der Waals surface area contributed by atoms with Gasteiger partial charge >= 0.3 is 0 Å². The molecule has 2 atom stereocenters. The Bertz CT molecular complexity index is 665. The Balaban J connectivity index is 2.04. The molecule has 2 fully saturated rings. The van der Waals surface area contributed by atoms with Crippen LogP contribution in [0, 0.1) is 17.5 Å². The van der Waals surface area contributed by atoms with Gasteiger partial charge in [-0.15, -0.1) is 0 Å². The third-order valence-corrected chi connectivity index (χ3v) is 6.22. The van der Waals surface area contributed by atoms with E-state index in [1.165, 1.54) is 0 Å². The van der Waals surface area contributed by atoms with Gasteiger partial charge in [-0.2, -0.15) is 4.31 Å². The maximum atomic E-state index is 13.8. The van der Waals surface area contributed by atoms with Crippen LogP contribution < -0.4 is 0 Å². The summed E-state index contributed by atoms with van der Waals surface area (Å²) >= 11 is 0. The fourth-order valence-corrected chi connectivity index (χ4v) is 5.27. The van der Waals surface area contributed by atoms with Crippen molar-refractivity contribution in [2.45, 2.75) is 48.8 Å². The lowest BCUT2D eigenvalue weighted by molar-refractivity contribution is 0.0767. The Morgan fingerprint density at radius 3 is 2.19 bits per heavy atom. The maximum absolute atomic E-state index is 13.8. The third kappa shape index (κ3) is 2.25. The number of nitrogens with zero attached hydrogens (tertiary/aromatic N) is 1.